The molecule has 25 heavy (non-hydrogen) atoms. The number of anilines is 1. The number of carbonyl (C=O) groups is 1. The number of nitrogens with one attached hydrogen (secondary N) is 1. The molecule has 4 nitrogen and oxygen atoms in total. The number of thioether (sulfide) groups is 1. The molecule has 130 valence electrons. The van der Waals surface area contributed by atoms with Crippen molar-refractivity contribution >= 4 is 56.5 Å². The first-order chi connectivity index (χ1) is 11.9. The number of fused-ring (bicyclic) bond motifs is 1. The topological polar surface area (TPSA) is 54.9 Å². The molecule has 1 amide bonds. The first-order valence-corrected chi connectivity index (χ1v) is 9.57. The second-order valence-corrected chi connectivity index (χ2v) is 8.46. The van der Waals surface area contributed by atoms with Gasteiger partial charge in [0.25, 0.3) is 0 Å². The summed E-state index contributed by atoms with van der Waals surface area (Å²) in [6, 6.07) is 3.87. The molecule has 0 radical (unpaired) electrons. The predicted octanol–water partition coefficient (Wildman–Crippen LogP) is 5.22. The number of carbonyl (C=O) groups excluding carboxylic acids is 1. The molecule has 3 aromatic rings. The summed E-state index contributed by atoms with van der Waals surface area (Å²) in [6.45, 7) is 5.87. The Balaban J connectivity index is 1.80. The lowest BCUT2D eigenvalue weighted by atomic mass is 10.2. The maximum absolute atomic E-state index is 13.1. The Kier molecular flexibility index (Phi) is 5.27. The third-order valence-electron chi connectivity index (χ3n) is 3.78. The van der Waals surface area contributed by atoms with Gasteiger partial charge < -0.3 is 5.32 Å². The number of hydrogen-bond donors (Lipinski definition) is 1. The standard InChI is InChI=1S/C17H15ClFN3OS2/c1-8-9(2)24-16-14(8)17(21-7-20-16)25-10(3)15(23)22-13-5-4-11(19)6-12(13)18/h4-7,10H,1-3H3,(H,22,23)/t10-/m0/s1. The summed E-state index contributed by atoms with van der Waals surface area (Å²) in [5.41, 5.74) is 1.52. The predicted molar refractivity (Wildman–Crippen MR) is 102 cm³/mol. The number of halogens is 2. The highest BCUT2D eigenvalue weighted by molar-refractivity contribution is 8.00. The Morgan fingerprint density at radius 3 is 2.84 bits per heavy atom. The van der Waals surface area contributed by atoms with E-state index in [0.717, 1.165) is 20.8 Å². The largest absolute Gasteiger partial charge is 0.324 e. The summed E-state index contributed by atoms with van der Waals surface area (Å²) in [7, 11) is 0. The van der Waals surface area contributed by atoms with Crippen LogP contribution >= 0.6 is 34.7 Å². The number of amides is 1. The van der Waals surface area contributed by atoms with E-state index in [1.54, 1.807) is 18.3 Å². The molecule has 3 rings (SSSR count). The number of thiophene rings is 1. The molecule has 8 heteroatoms. The van der Waals surface area contributed by atoms with Gasteiger partial charge in [0.2, 0.25) is 5.91 Å². The number of aryl methyl sites for hydroxylation is 2. The highest BCUT2D eigenvalue weighted by Gasteiger charge is 2.20. The molecule has 0 aliphatic heterocycles. The third-order valence-corrected chi connectivity index (χ3v) is 6.31. The van der Waals surface area contributed by atoms with Gasteiger partial charge in [-0.1, -0.05) is 23.4 Å². The van der Waals surface area contributed by atoms with Gasteiger partial charge in [-0.3, -0.25) is 4.79 Å². The van der Waals surface area contributed by atoms with Crippen LogP contribution < -0.4 is 5.32 Å². The minimum absolute atomic E-state index is 0.166. The van der Waals surface area contributed by atoms with Gasteiger partial charge in [0, 0.05) is 10.3 Å². The van der Waals surface area contributed by atoms with E-state index in [2.05, 4.69) is 15.3 Å². The van der Waals surface area contributed by atoms with Gasteiger partial charge in [-0.05, 0) is 44.5 Å². The fraction of sp³-hybridized carbons (Fsp3) is 0.235. The maximum atomic E-state index is 13.1. The zero-order chi connectivity index (χ0) is 18.1. The molecule has 0 bridgehead atoms. The monoisotopic (exact) mass is 395 g/mol. The van der Waals surface area contributed by atoms with Crippen molar-refractivity contribution in [2.24, 2.45) is 0 Å². The summed E-state index contributed by atoms with van der Waals surface area (Å²) >= 11 is 8.94. The van der Waals surface area contributed by atoms with Crippen LogP contribution in [0.4, 0.5) is 10.1 Å². The summed E-state index contributed by atoms with van der Waals surface area (Å²) < 4.78 is 13.1. The lowest BCUT2D eigenvalue weighted by Gasteiger charge is -2.13. The average molecular weight is 396 g/mol. The number of nitrogens with zero attached hydrogens (tertiary/aromatic N) is 2. The van der Waals surface area contributed by atoms with E-state index in [1.165, 1.54) is 41.2 Å². The molecule has 1 aromatic carbocycles. The Hall–Kier alpha value is -1.70. The molecule has 2 heterocycles. The van der Waals surface area contributed by atoms with Crippen LogP contribution in [0.25, 0.3) is 10.2 Å². The van der Waals surface area contributed by atoms with Crippen LogP contribution in [0.2, 0.25) is 5.02 Å². The molecule has 0 fully saturated rings. The van der Waals surface area contributed by atoms with Crippen molar-refractivity contribution in [1.82, 2.24) is 9.97 Å². The van der Waals surface area contributed by atoms with E-state index in [-0.39, 0.29) is 10.9 Å². The van der Waals surface area contributed by atoms with Crippen molar-refractivity contribution < 1.29 is 9.18 Å². The fourth-order valence-electron chi connectivity index (χ4n) is 2.29. The lowest BCUT2D eigenvalue weighted by molar-refractivity contribution is -0.115. The van der Waals surface area contributed by atoms with Gasteiger partial charge in [-0.2, -0.15) is 0 Å². The third kappa shape index (κ3) is 3.78. The van der Waals surface area contributed by atoms with Crippen molar-refractivity contribution in [2.45, 2.75) is 31.0 Å². The van der Waals surface area contributed by atoms with E-state index in [4.69, 9.17) is 11.6 Å². The van der Waals surface area contributed by atoms with Gasteiger partial charge in [-0.15, -0.1) is 11.3 Å². The second-order valence-electron chi connectivity index (χ2n) is 5.52. The maximum Gasteiger partial charge on any atom is 0.237 e. The van der Waals surface area contributed by atoms with Crippen LogP contribution in [-0.4, -0.2) is 21.1 Å². The van der Waals surface area contributed by atoms with E-state index in [1.807, 2.05) is 13.8 Å². The Morgan fingerprint density at radius 2 is 2.12 bits per heavy atom. The van der Waals surface area contributed by atoms with Crippen molar-refractivity contribution in [2.75, 3.05) is 5.32 Å². The van der Waals surface area contributed by atoms with Crippen LogP contribution in [-0.2, 0) is 4.79 Å². The Labute approximate surface area is 157 Å². The molecule has 1 N–H and O–H groups in total. The van der Waals surface area contributed by atoms with Crippen LogP contribution in [0.5, 0.6) is 0 Å². The number of hydrogen-bond acceptors (Lipinski definition) is 5. The van der Waals surface area contributed by atoms with E-state index >= 15 is 0 Å². The highest BCUT2D eigenvalue weighted by atomic mass is 35.5. The van der Waals surface area contributed by atoms with E-state index < -0.39 is 11.1 Å². The average Bonchev–Trinajstić information content (AvgIpc) is 2.85. The fourth-order valence-corrected chi connectivity index (χ4v) is 4.54. The summed E-state index contributed by atoms with van der Waals surface area (Å²) in [5, 5.41) is 4.26. The van der Waals surface area contributed by atoms with Gasteiger partial charge in [0.1, 0.15) is 22.0 Å². The summed E-state index contributed by atoms with van der Waals surface area (Å²) in [6.07, 6.45) is 1.52. The molecule has 0 saturated heterocycles. The first kappa shape index (κ1) is 18.1. The molecule has 0 spiro atoms. The minimum Gasteiger partial charge on any atom is -0.324 e. The van der Waals surface area contributed by atoms with Crippen LogP contribution in [0.1, 0.15) is 17.4 Å². The molecular formula is C17H15ClFN3OS2. The Morgan fingerprint density at radius 1 is 1.36 bits per heavy atom. The molecule has 0 unspecified atom stereocenters. The zero-order valence-corrected chi connectivity index (χ0v) is 16.2. The lowest BCUT2D eigenvalue weighted by Crippen LogP contribution is -2.22. The van der Waals surface area contributed by atoms with Crippen LogP contribution in [0.15, 0.2) is 29.6 Å². The van der Waals surface area contributed by atoms with E-state index in [0.29, 0.717) is 5.69 Å². The molecule has 2 aromatic heterocycles. The van der Waals surface area contributed by atoms with Crippen molar-refractivity contribution in [3.05, 3.63) is 45.8 Å². The summed E-state index contributed by atoms with van der Waals surface area (Å²) in [5.74, 6) is -0.674. The molecule has 0 saturated carbocycles. The van der Waals surface area contributed by atoms with E-state index in [9.17, 15) is 9.18 Å². The number of benzene rings is 1. The van der Waals surface area contributed by atoms with Gasteiger partial charge >= 0.3 is 0 Å². The van der Waals surface area contributed by atoms with Crippen molar-refractivity contribution in [1.29, 1.82) is 0 Å². The molecule has 0 aliphatic carbocycles. The normalized spacial score (nSPS) is 12.4. The van der Waals surface area contributed by atoms with Crippen LogP contribution in [0, 0.1) is 19.7 Å². The second kappa shape index (κ2) is 7.27. The smallest absolute Gasteiger partial charge is 0.237 e. The Bertz CT molecular complexity index is 960. The summed E-state index contributed by atoms with van der Waals surface area (Å²) in [4.78, 5) is 23.2. The number of aromatic nitrogens is 2. The van der Waals surface area contributed by atoms with Crippen molar-refractivity contribution in [3.8, 4) is 0 Å². The molecule has 1 atom stereocenters. The van der Waals surface area contributed by atoms with Gasteiger partial charge in [0.05, 0.1) is 16.0 Å². The van der Waals surface area contributed by atoms with Crippen molar-refractivity contribution in [3.63, 3.8) is 0 Å². The van der Waals surface area contributed by atoms with Gasteiger partial charge in [-0.25, -0.2) is 14.4 Å². The minimum atomic E-state index is -0.447. The quantitative estimate of drug-likeness (QED) is 0.486. The van der Waals surface area contributed by atoms with Crippen LogP contribution in [0.3, 0.4) is 0 Å². The zero-order valence-electron chi connectivity index (χ0n) is 13.8. The first-order valence-electron chi connectivity index (χ1n) is 7.50. The molecular weight excluding hydrogens is 381 g/mol. The molecule has 0 aliphatic rings. The SMILES string of the molecule is Cc1sc2ncnc(S[C@@H](C)C(=O)Nc3ccc(F)cc3Cl)c2c1C. The van der Waals surface area contributed by atoms with Gasteiger partial charge in [0.15, 0.2) is 0 Å². The highest BCUT2D eigenvalue weighted by Crippen LogP contribution is 2.36. The number of rotatable bonds is 4.